The van der Waals surface area contributed by atoms with Crippen LogP contribution in [0.2, 0.25) is 5.02 Å². The second kappa shape index (κ2) is 8.56. The number of benzene rings is 3. The Morgan fingerprint density at radius 1 is 1.04 bits per heavy atom. The molecule has 0 radical (unpaired) electrons. The fourth-order valence-corrected chi connectivity index (χ4v) is 3.04. The summed E-state index contributed by atoms with van der Waals surface area (Å²) in [4.78, 5) is 17.0. The Morgan fingerprint density at radius 2 is 1.74 bits per heavy atom. The minimum atomic E-state index is -0.332. The van der Waals surface area contributed by atoms with Gasteiger partial charge in [-0.05, 0) is 17.7 Å². The van der Waals surface area contributed by atoms with Crippen molar-refractivity contribution >= 4 is 34.0 Å². The lowest BCUT2D eigenvalue weighted by atomic mass is 10.0. The van der Waals surface area contributed by atoms with Crippen LogP contribution >= 0.6 is 11.6 Å². The topological polar surface area (TPSA) is 59.9 Å². The van der Waals surface area contributed by atoms with Crippen LogP contribution in [-0.2, 0) is 16.2 Å². The number of fused-ring (bicyclic) bond motifs is 1. The molecule has 0 bridgehead atoms. The number of carbonyl (C=O) groups is 1. The molecule has 1 N–H and O–H groups in total. The average Bonchev–Trinajstić information content (AvgIpc) is 2.71. The lowest BCUT2D eigenvalue weighted by molar-refractivity contribution is -0.114. The monoisotopic (exact) mass is 382 g/mol. The van der Waals surface area contributed by atoms with Crippen molar-refractivity contribution in [2.75, 3.05) is 14.2 Å². The highest BCUT2D eigenvalue weighted by Crippen LogP contribution is 2.31. The Bertz CT molecular complexity index is 1000. The van der Waals surface area contributed by atoms with Gasteiger partial charge in [0.15, 0.2) is 5.71 Å². The summed E-state index contributed by atoms with van der Waals surface area (Å²) in [6.45, 7) is 0.265. The second-order valence-corrected chi connectivity index (χ2v) is 6.15. The van der Waals surface area contributed by atoms with Crippen molar-refractivity contribution in [2.45, 2.75) is 6.61 Å². The SMILES string of the molecule is CNC(=O)C(=NOC)c1ccccc1COc1ccc(Cl)c2ccccc12. The molecule has 6 heteroatoms. The number of rotatable bonds is 6. The number of amides is 1. The quantitative estimate of drug-likeness (QED) is 0.514. The number of nitrogens with one attached hydrogen (secondary N) is 1. The van der Waals surface area contributed by atoms with Gasteiger partial charge < -0.3 is 14.9 Å². The highest BCUT2D eigenvalue weighted by molar-refractivity contribution is 6.45. The van der Waals surface area contributed by atoms with E-state index in [1.54, 1.807) is 7.05 Å². The van der Waals surface area contributed by atoms with Crippen LogP contribution in [0.4, 0.5) is 0 Å². The Kier molecular flexibility index (Phi) is 5.94. The van der Waals surface area contributed by atoms with Crippen LogP contribution < -0.4 is 10.1 Å². The van der Waals surface area contributed by atoms with Gasteiger partial charge in [-0.3, -0.25) is 4.79 Å². The summed E-state index contributed by atoms with van der Waals surface area (Å²) in [6.07, 6.45) is 0. The predicted octanol–water partition coefficient (Wildman–Crippen LogP) is 4.17. The summed E-state index contributed by atoms with van der Waals surface area (Å²) in [5, 5.41) is 8.98. The number of nitrogens with zero attached hydrogens (tertiary/aromatic N) is 1. The number of hydrogen-bond acceptors (Lipinski definition) is 4. The van der Waals surface area contributed by atoms with E-state index in [9.17, 15) is 4.79 Å². The van der Waals surface area contributed by atoms with Gasteiger partial charge in [-0.2, -0.15) is 0 Å². The molecule has 0 saturated heterocycles. The van der Waals surface area contributed by atoms with Crippen molar-refractivity contribution in [3.63, 3.8) is 0 Å². The van der Waals surface area contributed by atoms with Crippen molar-refractivity contribution in [1.29, 1.82) is 0 Å². The Labute approximate surface area is 162 Å². The summed E-state index contributed by atoms with van der Waals surface area (Å²) in [6, 6.07) is 18.9. The maximum absolute atomic E-state index is 12.2. The number of halogens is 1. The van der Waals surface area contributed by atoms with E-state index >= 15 is 0 Å². The standard InChI is InChI=1S/C21H19ClN2O3/c1-23-21(25)20(24-26-2)15-8-4-3-7-14(15)13-27-19-12-11-18(22)16-9-5-6-10-17(16)19/h3-12H,13H2,1-2H3,(H,23,25). The summed E-state index contributed by atoms with van der Waals surface area (Å²) in [7, 11) is 2.95. The third-order valence-corrected chi connectivity index (χ3v) is 4.44. The average molecular weight is 383 g/mol. The molecule has 0 fully saturated rings. The first-order valence-corrected chi connectivity index (χ1v) is 8.75. The van der Waals surface area contributed by atoms with Crippen LogP contribution in [0.25, 0.3) is 10.8 Å². The van der Waals surface area contributed by atoms with Crippen LogP contribution in [0.15, 0.2) is 65.8 Å². The van der Waals surface area contributed by atoms with E-state index < -0.39 is 0 Å². The molecule has 0 aliphatic carbocycles. The zero-order chi connectivity index (χ0) is 19.2. The normalized spacial score (nSPS) is 11.3. The summed E-state index contributed by atoms with van der Waals surface area (Å²) in [5.74, 6) is 0.385. The van der Waals surface area contributed by atoms with Crippen LogP contribution in [0, 0.1) is 0 Å². The first-order chi connectivity index (χ1) is 13.2. The number of ether oxygens (including phenoxy) is 1. The third-order valence-electron chi connectivity index (χ3n) is 4.11. The van der Waals surface area contributed by atoms with Crippen molar-refractivity contribution in [2.24, 2.45) is 5.16 Å². The molecule has 0 aromatic heterocycles. The molecule has 0 saturated carbocycles. The number of hydrogen-bond donors (Lipinski definition) is 1. The molecular formula is C21H19ClN2O3. The van der Waals surface area contributed by atoms with E-state index in [0.29, 0.717) is 10.6 Å². The maximum atomic E-state index is 12.2. The molecule has 3 rings (SSSR count). The molecule has 1 amide bonds. The van der Waals surface area contributed by atoms with Crippen LogP contribution in [0.1, 0.15) is 11.1 Å². The third kappa shape index (κ3) is 4.04. The highest BCUT2D eigenvalue weighted by Gasteiger charge is 2.17. The van der Waals surface area contributed by atoms with Gasteiger partial charge in [0.2, 0.25) is 0 Å². The van der Waals surface area contributed by atoms with E-state index in [0.717, 1.165) is 22.1 Å². The molecule has 27 heavy (non-hydrogen) atoms. The van der Waals surface area contributed by atoms with Gasteiger partial charge in [-0.25, -0.2) is 0 Å². The van der Waals surface area contributed by atoms with Gasteiger partial charge in [-0.1, -0.05) is 65.3 Å². The molecular weight excluding hydrogens is 364 g/mol. The zero-order valence-electron chi connectivity index (χ0n) is 15.0. The van der Waals surface area contributed by atoms with Gasteiger partial charge in [0.05, 0.1) is 0 Å². The van der Waals surface area contributed by atoms with E-state index in [2.05, 4.69) is 10.5 Å². The van der Waals surface area contributed by atoms with Gasteiger partial charge >= 0.3 is 0 Å². The van der Waals surface area contributed by atoms with Gasteiger partial charge in [0.25, 0.3) is 5.91 Å². The Balaban J connectivity index is 1.93. The second-order valence-electron chi connectivity index (χ2n) is 5.74. The largest absolute Gasteiger partial charge is 0.488 e. The molecule has 138 valence electrons. The number of oxime groups is 1. The lowest BCUT2D eigenvalue weighted by Crippen LogP contribution is -2.29. The van der Waals surface area contributed by atoms with Crippen molar-refractivity contribution in [3.8, 4) is 5.75 Å². The molecule has 3 aromatic rings. The van der Waals surface area contributed by atoms with Gasteiger partial charge in [0.1, 0.15) is 19.5 Å². The van der Waals surface area contributed by atoms with E-state index in [-0.39, 0.29) is 18.2 Å². The fraction of sp³-hybridized carbons (Fsp3) is 0.143. The smallest absolute Gasteiger partial charge is 0.273 e. The molecule has 3 aromatic carbocycles. The molecule has 0 aliphatic heterocycles. The maximum Gasteiger partial charge on any atom is 0.273 e. The first-order valence-electron chi connectivity index (χ1n) is 8.37. The first kappa shape index (κ1) is 18.7. The molecule has 0 atom stereocenters. The molecule has 0 unspecified atom stereocenters. The van der Waals surface area contributed by atoms with Gasteiger partial charge in [0, 0.05) is 28.4 Å². The van der Waals surface area contributed by atoms with Crippen molar-refractivity contribution < 1.29 is 14.4 Å². The van der Waals surface area contributed by atoms with Gasteiger partial charge in [-0.15, -0.1) is 0 Å². The highest BCUT2D eigenvalue weighted by atomic mass is 35.5. The van der Waals surface area contributed by atoms with E-state index in [4.69, 9.17) is 21.2 Å². The predicted molar refractivity (Wildman–Crippen MR) is 107 cm³/mol. The minimum absolute atomic E-state index is 0.195. The number of likely N-dealkylation sites (N-methyl/N-ethyl adjacent to an activating group) is 1. The zero-order valence-corrected chi connectivity index (χ0v) is 15.8. The summed E-state index contributed by atoms with van der Waals surface area (Å²) < 4.78 is 6.06. The molecule has 0 aliphatic rings. The number of carbonyl (C=O) groups excluding carboxylic acids is 1. The summed E-state index contributed by atoms with van der Waals surface area (Å²) >= 11 is 6.27. The van der Waals surface area contributed by atoms with Crippen molar-refractivity contribution in [3.05, 3.63) is 76.8 Å². The summed E-state index contributed by atoms with van der Waals surface area (Å²) in [5.41, 5.74) is 1.66. The fourth-order valence-electron chi connectivity index (χ4n) is 2.82. The van der Waals surface area contributed by atoms with E-state index in [1.807, 2.05) is 60.7 Å². The lowest BCUT2D eigenvalue weighted by Gasteiger charge is -2.14. The van der Waals surface area contributed by atoms with Crippen LogP contribution in [0.5, 0.6) is 5.75 Å². The molecule has 0 heterocycles. The molecule has 5 nitrogen and oxygen atoms in total. The Morgan fingerprint density at radius 3 is 2.48 bits per heavy atom. The minimum Gasteiger partial charge on any atom is -0.488 e. The van der Waals surface area contributed by atoms with Crippen LogP contribution in [-0.4, -0.2) is 25.8 Å². The Hall–Kier alpha value is -3.05. The van der Waals surface area contributed by atoms with E-state index in [1.165, 1.54) is 7.11 Å². The van der Waals surface area contributed by atoms with Crippen molar-refractivity contribution in [1.82, 2.24) is 5.32 Å². The molecule has 0 spiro atoms. The van der Waals surface area contributed by atoms with Crippen LogP contribution in [0.3, 0.4) is 0 Å².